The van der Waals surface area contributed by atoms with E-state index in [1.807, 2.05) is 0 Å². The van der Waals surface area contributed by atoms with Crippen molar-refractivity contribution in [3.8, 4) is 0 Å². The van der Waals surface area contributed by atoms with E-state index in [-0.39, 0.29) is 11.8 Å². The summed E-state index contributed by atoms with van der Waals surface area (Å²) in [5.74, 6) is -0.0100. The van der Waals surface area contributed by atoms with Crippen molar-refractivity contribution in [3.63, 3.8) is 0 Å². The molecule has 5 nitrogen and oxygen atoms in total. The number of nitrogens with one attached hydrogen (secondary N) is 2. The Balaban J connectivity index is 1.73. The Hall–Kier alpha value is -1.88. The Morgan fingerprint density at radius 1 is 1.19 bits per heavy atom. The van der Waals surface area contributed by atoms with Crippen LogP contribution >= 0.6 is 0 Å². The number of anilines is 1. The summed E-state index contributed by atoms with van der Waals surface area (Å²) in [6, 6.07) is 6.73. The largest absolute Gasteiger partial charge is 0.337 e. The minimum absolute atomic E-state index is 0.0100. The van der Waals surface area contributed by atoms with E-state index in [2.05, 4.69) is 15.5 Å². The average molecular weight is 289 g/mol. The number of urea groups is 1. The third-order valence-electron chi connectivity index (χ3n) is 3.69. The molecule has 2 amide bonds. The highest BCUT2D eigenvalue weighted by Gasteiger charge is 2.10. The molecule has 1 heterocycles. The molecule has 1 aliphatic heterocycles. The van der Waals surface area contributed by atoms with Gasteiger partial charge in [0.15, 0.2) is 5.78 Å². The van der Waals surface area contributed by atoms with E-state index >= 15 is 0 Å². The first-order valence-electron chi connectivity index (χ1n) is 7.53. The van der Waals surface area contributed by atoms with Crippen LogP contribution in [0, 0.1) is 0 Å². The van der Waals surface area contributed by atoms with E-state index in [1.165, 1.54) is 26.2 Å². The van der Waals surface area contributed by atoms with Crippen molar-refractivity contribution in [1.29, 1.82) is 0 Å². The standard InChI is InChI=1S/C16H23N3O2/c1-13(20)14-6-5-7-15(12-14)18-16(21)17-8-11-19-9-3-2-4-10-19/h5-7,12H,2-4,8-11H2,1H3,(H2,17,18,21). The molecule has 2 rings (SSSR count). The first-order valence-corrected chi connectivity index (χ1v) is 7.53. The van der Waals surface area contributed by atoms with Gasteiger partial charge in [0.2, 0.25) is 0 Å². The number of ketones is 1. The molecule has 0 spiro atoms. The summed E-state index contributed by atoms with van der Waals surface area (Å²) < 4.78 is 0. The van der Waals surface area contributed by atoms with Crippen LogP contribution in [-0.4, -0.2) is 42.9 Å². The van der Waals surface area contributed by atoms with Gasteiger partial charge >= 0.3 is 6.03 Å². The number of carbonyl (C=O) groups excluding carboxylic acids is 2. The van der Waals surface area contributed by atoms with Crippen LogP contribution in [0.1, 0.15) is 36.5 Å². The molecule has 1 aromatic rings. The number of carbonyl (C=O) groups is 2. The van der Waals surface area contributed by atoms with Gasteiger partial charge in [-0.3, -0.25) is 4.79 Å². The lowest BCUT2D eigenvalue weighted by molar-refractivity contribution is 0.101. The molecule has 0 atom stereocenters. The van der Waals surface area contributed by atoms with E-state index in [1.54, 1.807) is 24.3 Å². The van der Waals surface area contributed by atoms with Gasteiger partial charge in [0, 0.05) is 24.3 Å². The first kappa shape index (κ1) is 15.5. The van der Waals surface area contributed by atoms with E-state index in [0.717, 1.165) is 19.6 Å². The zero-order chi connectivity index (χ0) is 15.1. The van der Waals surface area contributed by atoms with Gasteiger partial charge in [-0.15, -0.1) is 0 Å². The molecule has 1 aliphatic rings. The van der Waals surface area contributed by atoms with Gasteiger partial charge in [-0.05, 0) is 45.0 Å². The molecule has 1 saturated heterocycles. The Labute approximate surface area is 125 Å². The lowest BCUT2D eigenvalue weighted by atomic mass is 10.1. The minimum atomic E-state index is -0.229. The fourth-order valence-corrected chi connectivity index (χ4v) is 2.50. The quantitative estimate of drug-likeness (QED) is 0.819. The molecule has 0 radical (unpaired) electrons. The second-order valence-corrected chi connectivity index (χ2v) is 5.42. The number of amides is 2. The highest BCUT2D eigenvalue weighted by molar-refractivity contribution is 5.96. The molecule has 0 bridgehead atoms. The summed E-state index contributed by atoms with van der Waals surface area (Å²) in [5, 5.41) is 5.60. The number of piperidine rings is 1. The van der Waals surface area contributed by atoms with Gasteiger partial charge in [0.05, 0.1) is 0 Å². The Morgan fingerprint density at radius 3 is 2.67 bits per heavy atom. The molecule has 0 saturated carbocycles. The fraction of sp³-hybridized carbons (Fsp3) is 0.500. The summed E-state index contributed by atoms with van der Waals surface area (Å²) in [7, 11) is 0. The van der Waals surface area contributed by atoms with Crippen molar-refractivity contribution >= 4 is 17.5 Å². The van der Waals surface area contributed by atoms with Crippen LogP contribution < -0.4 is 10.6 Å². The van der Waals surface area contributed by atoms with Crippen LogP contribution in [-0.2, 0) is 0 Å². The second-order valence-electron chi connectivity index (χ2n) is 5.42. The van der Waals surface area contributed by atoms with Gasteiger partial charge in [0.25, 0.3) is 0 Å². The predicted molar refractivity (Wildman–Crippen MR) is 83.8 cm³/mol. The summed E-state index contributed by atoms with van der Waals surface area (Å²) in [6.07, 6.45) is 3.82. The van der Waals surface area contributed by atoms with Gasteiger partial charge in [-0.25, -0.2) is 4.79 Å². The molecular weight excluding hydrogens is 266 g/mol. The van der Waals surface area contributed by atoms with Crippen LogP contribution in [0.3, 0.4) is 0 Å². The van der Waals surface area contributed by atoms with Crippen LogP contribution in [0.15, 0.2) is 24.3 Å². The van der Waals surface area contributed by atoms with Crippen LogP contribution in [0.4, 0.5) is 10.5 Å². The molecule has 2 N–H and O–H groups in total. The fourth-order valence-electron chi connectivity index (χ4n) is 2.50. The van der Waals surface area contributed by atoms with Gasteiger partial charge < -0.3 is 15.5 Å². The number of rotatable bonds is 5. The zero-order valence-electron chi connectivity index (χ0n) is 12.5. The Morgan fingerprint density at radius 2 is 1.95 bits per heavy atom. The molecule has 0 aromatic heterocycles. The number of Topliss-reactive ketones (excluding diaryl/α,β-unsaturated/α-hetero) is 1. The molecule has 114 valence electrons. The van der Waals surface area contributed by atoms with Gasteiger partial charge in [0.1, 0.15) is 0 Å². The zero-order valence-corrected chi connectivity index (χ0v) is 12.5. The molecule has 21 heavy (non-hydrogen) atoms. The number of hydrogen-bond acceptors (Lipinski definition) is 3. The number of nitrogens with zero attached hydrogens (tertiary/aromatic N) is 1. The highest BCUT2D eigenvalue weighted by Crippen LogP contribution is 2.11. The predicted octanol–water partition coefficient (Wildman–Crippen LogP) is 2.50. The monoisotopic (exact) mass is 289 g/mol. The van der Waals surface area contributed by atoms with E-state index in [4.69, 9.17) is 0 Å². The molecule has 5 heteroatoms. The molecule has 0 unspecified atom stereocenters. The Kier molecular flexibility index (Phi) is 5.75. The summed E-state index contributed by atoms with van der Waals surface area (Å²) in [4.78, 5) is 25.5. The highest BCUT2D eigenvalue weighted by atomic mass is 16.2. The molecular formula is C16H23N3O2. The van der Waals surface area contributed by atoms with Crippen molar-refractivity contribution in [2.75, 3.05) is 31.5 Å². The molecule has 0 aliphatic carbocycles. The molecule has 1 aromatic carbocycles. The smallest absolute Gasteiger partial charge is 0.319 e. The summed E-state index contributed by atoms with van der Waals surface area (Å²) >= 11 is 0. The first-order chi connectivity index (χ1) is 10.1. The number of hydrogen-bond donors (Lipinski definition) is 2. The second kappa shape index (κ2) is 7.78. The SMILES string of the molecule is CC(=O)c1cccc(NC(=O)NCCN2CCCCC2)c1. The summed E-state index contributed by atoms with van der Waals surface area (Å²) in [6.45, 7) is 5.30. The minimum Gasteiger partial charge on any atom is -0.337 e. The number of likely N-dealkylation sites (tertiary alicyclic amines) is 1. The van der Waals surface area contributed by atoms with E-state index in [9.17, 15) is 9.59 Å². The van der Waals surface area contributed by atoms with E-state index in [0.29, 0.717) is 17.8 Å². The maximum atomic E-state index is 11.8. The lowest BCUT2D eigenvalue weighted by Gasteiger charge is -2.26. The normalized spacial score (nSPS) is 15.5. The average Bonchev–Trinajstić information content (AvgIpc) is 2.48. The van der Waals surface area contributed by atoms with Crippen LogP contribution in [0.5, 0.6) is 0 Å². The van der Waals surface area contributed by atoms with Crippen LogP contribution in [0.25, 0.3) is 0 Å². The van der Waals surface area contributed by atoms with Gasteiger partial charge in [-0.1, -0.05) is 18.6 Å². The number of benzene rings is 1. The van der Waals surface area contributed by atoms with Crippen molar-refractivity contribution in [2.45, 2.75) is 26.2 Å². The maximum absolute atomic E-state index is 11.8. The topological polar surface area (TPSA) is 61.4 Å². The van der Waals surface area contributed by atoms with Crippen molar-refractivity contribution in [3.05, 3.63) is 29.8 Å². The maximum Gasteiger partial charge on any atom is 0.319 e. The van der Waals surface area contributed by atoms with Crippen molar-refractivity contribution in [1.82, 2.24) is 10.2 Å². The Bertz CT molecular complexity index is 496. The van der Waals surface area contributed by atoms with Crippen molar-refractivity contribution < 1.29 is 9.59 Å². The third-order valence-corrected chi connectivity index (χ3v) is 3.69. The lowest BCUT2D eigenvalue weighted by Crippen LogP contribution is -2.39. The summed E-state index contributed by atoms with van der Waals surface area (Å²) in [5.41, 5.74) is 1.24. The van der Waals surface area contributed by atoms with Crippen molar-refractivity contribution in [2.24, 2.45) is 0 Å². The van der Waals surface area contributed by atoms with Gasteiger partial charge in [-0.2, -0.15) is 0 Å². The van der Waals surface area contributed by atoms with E-state index < -0.39 is 0 Å². The third kappa shape index (κ3) is 5.19. The van der Waals surface area contributed by atoms with Crippen LogP contribution in [0.2, 0.25) is 0 Å². The molecule has 1 fully saturated rings.